The standard InChI is InChI=1S/C21H22F3N3O2/c1-27-10-9-20(19(27)28)8-7-16(26-20)17-11-15(18(29-2)12-25-17)13-3-5-14(6-4-13)21(22,23)24/h3-6,11-12,16,26H,7-10H2,1-2H3/t16?,20-/m1/s1. The van der Waals surface area contributed by atoms with E-state index in [9.17, 15) is 18.0 Å². The number of carbonyl (C=O) groups is 1. The molecular weight excluding hydrogens is 383 g/mol. The molecular formula is C21H22F3N3O2. The van der Waals surface area contributed by atoms with E-state index < -0.39 is 17.3 Å². The molecule has 2 fully saturated rings. The molecule has 0 bridgehead atoms. The van der Waals surface area contributed by atoms with Gasteiger partial charge in [-0.15, -0.1) is 0 Å². The molecule has 1 aromatic carbocycles. The first-order chi connectivity index (χ1) is 13.7. The maximum Gasteiger partial charge on any atom is 0.416 e. The van der Waals surface area contributed by atoms with Gasteiger partial charge in [0.25, 0.3) is 0 Å². The highest BCUT2D eigenvalue weighted by molar-refractivity contribution is 5.88. The van der Waals surface area contributed by atoms with Crippen LogP contribution >= 0.6 is 0 Å². The van der Waals surface area contributed by atoms with Crippen LogP contribution in [0.5, 0.6) is 5.75 Å². The van der Waals surface area contributed by atoms with Gasteiger partial charge in [-0.05, 0) is 43.0 Å². The molecule has 2 aliphatic heterocycles. The van der Waals surface area contributed by atoms with Gasteiger partial charge in [-0.1, -0.05) is 12.1 Å². The summed E-state index contributed by atoms with van der Waals surface area (Å²) in [5.41, 5.74) is 0.805. The predicted molar refractivity (Wildman–Crippen MR) is 101 cm³/mol. The number of benzene rings is 1. The minimum absolute atomic E-state index is 0.0930. The highest BCUT2D eigenvalue weighted by atomic mass is 19.4. The van der Waals surface area contributed by atoms with Crippen LogP contribution in [0.15, 0.2) is 36.5 Å². The molecule has 154 valence electrons. The first kappa shape index (κ1) is 19.7. The van der Waals surface area contributed by atoms with Crippen molar-refractivity contribution in [1.82, 2.24) is 15.2 Å². The number of nitrogens with zero attached hydrogens (tertiary/aromatic N) is 2. The van der Waals surface area contributed by atoms with Crippen molar-refractivity contribution in [2.75, 3.05) is 20.7 Å². The van der Waals surface area contributed by atoms with Crippen molar-refractivity contribution in [2.24, 2.45) is 0 Å². The fourth-order valence-electron chi connectivity index (χ4n) is 4.27. The van der Waals surface area contributed by atoms with Gasteiger partial charge >= 0.3 is 6.18 Å². The summed E-state index contributed by atoms with van der Waals surface area (Å²) in [6.45, 7) is 0.728. The Bertz CT molecular complexity index is 930. The van der Waals surface area contributed by atoms with Crippen LogP contribution < -0.4 is 10.1 Å². The molecule has 2 aromatic rings. The number of hydrogen-bond donors (Lipinski definition) is 1. The molecule has 1 spiro atoms. The van der Waals surface area contributed by atoms with E-state index in [1.807, 2.05) is 6.07 Å². The van der Waals surface area contributed by atoms with Crippen molar-refractivity contribution in [3.8, 4) is 16.9 Å². The molecule has 0 saturated carbocycles. The highest BCUT2D eigenvalue weighted by Gasteiger charge is 2.50. The number of carbonyl (C=O) groups excluding carboxylic acids is 1. The van der Waals surface area contributed by atoms with Crippen molar-refractivity contribution >= 4 is 5.91 Å². The van der Waals surface area contributed by atoms with Crippen LogP contribution in [0.4, 0.5) is 13.2 Å². The van der Waals surface area contributed by atoms with Crippen LogP contribution in [-0.4, -0.2) is 42.0 Å². The Morgan fingerprint density at radius 1 is 1.24 bits per heavy atom. The van der Waals surface area contributed by atoms with E-state index in [1.54, 1.807) is 18.1 Å². The van der Waals surface area contributed by atoms with E-state index in [2.05, 4.69) is 10.3 Å². The summed E-state index contributed by atoms with van der Waals surface area (Å²) in [5, 5.41) is 3.46. The maximum absolute atomic E-state index is 12.9. The summed E-state index contributed by atoms with van der Waals surface area (Å²) < 4.78 is 44.0. The molecule has 29 heavy (non-hydrogen) atoms. The number of likely N-dealkylation sites (N-methyl/N-ethyl adjacent to an activating group) is 1. The van der Waals surface area contributed by atoms with Gasteiger partial charge in [0.05, 0.1) is 30.6 Å². The van der Waals surface area contributed by atoms with Crippen LogP contribution in [-0.2, 0) is 11.0 Å². The van der Waals surface area contributed by atoms with Gasteiger partial charge in [-0.25, -0.2) is 0 Å². The molecule has 1 aromatic heterocycles. The number of nitrogens with one attached hydrogen (secondary N) is 1. The van der Waals surface area contributed by atoms with Crippen LogP contribution in [0.1, 0.15) is 36.6 Å². The fourth-order valence-corrected chi connectivity index (χ4v) is 4.27. The molecule has 0 aliphatic carbocycles. The molecule has 1 amide bonds. The number of rotatable bonds is 3. The second-order valence-electron chi connectivity index (χ2n) is 7.68. The predicted octanol–water partition coefficient (Wildman–Crippen LogP) is 3.80. The molecule has 1 unspecified atom stereocenters. The highest BCUT2D eigenvalue weighted by Crippen LogP contribution is 2.40. The van der Waals surface area contributed by atoms with Crippen molar-refractivity contribution in [3.63, 3.8) is 0 Å². The van der Waals surface area contributed by atoms with Gasteiger partial charge in [-0.2, -0.15) is 13.2 Å². The number of aromatic nitrogens is 1. The topological polar surface area (TPSA) is 54.5 Å². The molecule has 8 heteroatoms. The first-order valence-electron chi connectivity index (χ1n) is 9.48. The zero-order chi connectivity index (χ0) is 20.8. The van der Waals surface area contributed by atoms with Gasteiger partial charge in [-0.3, -0.25) is 15.1 Å². The van der Waals surface area contributed by atoms with Gasteiger partial charge in [0.1, 0.15) is 11.3 Å². The van der Waals surface area contributed by atoms with Gasteiger partial charge in [0.15, 0.2) is 0 Å². The van der Waals surface area contributed by atoms with E-state index in [0.29, 0.717) is 16.9 Å². The average Bonchev–Trinajstić information content (AvgIpc) is 3.27. The van der Waals surface area contributed by atoms with E-state index in [1.165, 1.54) is 19.2 Å². The van der Waals surface area contributed by atoms with E-state index in [4.69, 9.17) is 4.74 Å². The van der Waals surface area contributed by atoms with Crippen molar-refractivity contribution in [1.29, 1.82) is 0 Å². The fraction of sp³-hybridized carbons (Fsp3) is 0.429. The lowest BCUT2D eigenvalue weighted by atomic mass is 9.96. The van der Waals surface area contributed by atoms with Crippen LogP contribution in [0.25, 0.3) is 11.1 Å². The third-order valence-electron chi connectivity index (χ3n) is 5.93. The largest absolute Gasteiger partial charge is 0.494 e. The Labute approximate surface area is 166 Å². The molecule has 0 radical (unpaired) electrons. The molecule has 3 heterocycles. The second kappa shape index (κ2) is 7.02. The average molecular weight is 405 g/mol. The number of amides is 1. The van der Waals surface area contributed by atoms with Crippen LogP contribution in [0, 0.1) is 0 Å². The van der Waals surface area contributed by atoms with Crippen LogP contribution in [0.2, 0.25) is 0 Å². The smallest absolute Gasteiger partial charge is 0.416 e. The van der Waals surface area contributed by atoms with E-state index >= 15 is 0 Å². The normalized spacial score (nSPS) is 24.5. The van der Waals surface area contributed by atoms with Crippen molar-refractivity contribution in [2.45, 2.75) is 37.0 Å². The van der Waals surface area contributed by atoms with Gasteiger partial charge < -0.3 is 9.64 Å². The summed E-state index contributed by atoms with van der Waals surface area (Å²) >= 11 is 0. The zero-order valence-corrected chi connectivity index (χ0v) is 16.2. The Morgan fingerprint density at radius 3 is 2.55 bits per heavy atom. The first-order valence-corrected chi connectivity index (χ1v) is 9.48. The molecule has 4 rings (SSSR count). The minimum Gasteiger partial charge on any atom is -0.494 e. The lowest BCUT2D eigenvalue weighted by Gasteiger charge is -2.23. The van der Waals surface area contributed by atoms with E-state index in [0.717, 1.165) is 43.6 Å². The number of pyridine rings is 1. The number of likely N-dealkylation sites (tertiary alicyclic amines) is 1. The Balaban J connectivity index is 1.64. The second-order valence-corrected chi connectivity index (χ2v) is 7.68. The Kier molecular flexibility index (Phi) is 4.77. The minimum atomic E-state index is -4.38. The van der Waals surface area contributed by atoms with Crippen molar-refractivity contribution in [3.05, 3.63) is 47.8 Å². The third-order valence-corrected chi connectivity index (χ3v) is 5.93. The van der Waals surface area contributed by atoms with E-state index in [-0.39, 0.29) is 11.9 Å². The maximum atomic E-state index is 12.9. The Hall–Kier alpha value is -2.61. The Morgan fingerprint density at radius 2 is 1.97 bits per heavy atom. The zero-order valence-electron chi connectivity index (χ0n) is 16.2. The lowest BCUT2D eigenvalue weighted by molar-refractivity contribution is -0.137. The quantitative estimate of drug-likeness (QED) is 0.844. The summed E-state index contributed by atoms with van der Waals surface area (Å²) in [6.07, 6.45) is -0.525. The SMILES string of the molecule is COc1cnc(C2CC[C@]3(CCN(C)C3=O)N2)cc1-c1ccc(C(F)(F)F)cc1. The monoisotopic (exact) mass is 405 g/mol. The summed E-state index contributed by atoms with van der Waals surface area (Å²) in [7, 11) is 3.31. The molecule has 1 N–H and O–H groups in total. The van der Waals surface area contributed by atoms with Crippen molar-refractivity contribution < 1.29 is 22.7 Å². The summed E-state index contributed by atoms with van der Waals surface area (Å²) in [6, 6.07) is 6.73. The molecule has 5 nitrogen and oxygen atoms in total. The van der Waals surface area contributed by atoms with Crippen LogP contribution in [0.3, 0.4) is 0 Å². The number of methoxy groups -OCH3 is 1. The lowest BCUT2D eigenvalue weighted by Crippen LogP contribution is -2.47. The number of halogens is 3. The number of ether oxygens (including phenoxy) is 1. The molecule has 2 aliphatic rings. The molecule has 2 saturated heterocycles. The summed E-state index contributed by atoms with van der Waals surface area (Å²) in [5.74, 6) is 0.592. The third kappa shape index (κ3) is 3.46. The number of hydrogen-bond acceptors (Lipinski definition) is 4. The number of alkyl halides is 3. The van der Waals surface area contributed by atoms with Gasteiger partial charge in [0.2, 0.25) is 5.91 Å². The van der Waals surface area contributed by atoms with Gasteiger partial charge in [0, 0.05) is 19.2 Å². The molecule has 2 atom stereocenters. The summed E-state index contributed by atoms with van der Waals surface area (Å²) in [4.78, 5) is 18.8.